The van der Waals surface area contributed by atoms with Gasteiger partial charge in [-0.25, -0.2) is 14.4 Å². The summed E-state index contributed by atoms with van der Waals surface area (Å²) < 4.78 is 39.8. The molecule has 0 radical (unpaired) electrons. The van der Waals surface area contributed by atoms with Crippen LogP contribution in [-0.2, 0) is 33.2 Å². The number of carbonyl (C=O) groups excluding carboxylic acids is 3. The summed E-state index contributed by atoms with van der Waals surface area (Å²) in [4.78, 5) is 38.5. The standard InChI is InChI=1S/C33H61N5O16/c1-31(2,3)52-28(45)36-11-15-20(41)21(42)18(35)26(48-15)50-24-13(37-29(46)53-32(4,5)6)10-14(38-30(47)54-33(7,8)9)25(23(24)44)51-27-22(43)17(34)19(40)16(12-39)49-27/h13-27,39-44H,10-12,34-35H2,1-9H3,(H,36,45)(H,37,46)(H,38,47)/t13-,14+,15+,16+,17-,18+,19+,20+,21+,22+,23-,24+,25-,26+,27+/m0/s1. The fraction of sp³-hybridized carbons (Fsp3) is 0.909. The Kier molecular flexibility index (Phi) is 15.3. The minimum absolute atomic E-state index is 0.261. The van der Waals surface area contributed by atoms with Gasteiger partial charge >= 0.3 is 18.3 Å². The SMILES string of the molecule is CC(C)(C)OC(=O)NC[C@H]1O[C@H](O[C@H]2[C@H](O)[C@@H](O[C@H]3O[C@H](CO)[C@@H](O)[C@H](N)[C@H]3O)[C@H](NC(=O)OC(C)(C)C)C[C@@H]2NC(=O)OC(C)(C)C)[C@H](N)[C@@H](O)[C@@H]1O. The molecule has 2 saturated heterocycles. The van der Waals surface area contributed by atoms with Crippen molar-refractivity contribution in [1.82, 2.24) is 16.0 Å². The zero-order valence-corrected chi connectivity index (χ0v) is 32.2. The third-order valence-corrected chi connectivity index (χ3v) is 8.49. The third-order valence-electron chi connectivity index (χ3n) is 8.49. The average molecular weight is 784 g/mol. The van der Waals surface area contributed by atoms with Crippen LogP contribution in [0, 0.1) is 0 Å². The largest absolute Gasteiger partial charge is 0.444 e. The van der Waals surface area contributed by atoms with Gasteiger partial charge in [0.15, 0.2) is 12.6 Å². The molecule has 3 rings (SSSR count). The minimum Gasteiger partial charge on any atom is -0.444 e. The van der Waals surface area contributed by atoms with Gasteiger partial charge in [-0.2, -0.15) is 0 Å². The number of aliphatic hydroxyl groups is 6. The van der Waals surface area contributed by atoms with E-state index in [-0.39, 0.29) is 13.0 Å². The molecule has 2 heterocycles. The summed E-state index contributed by atoms with van der Waals surface area (Å²) in [7, 11) is 0. The summed E-state index contributed by atoms with van der Waals surface area (Å²) in [6, 6.07) is -5.25. The summed E-state index contributed by atoms with van der Waals surface area (Å²) in [6.45, 7) is 13.6. The van der Waals surface area contributed by atoms with Gasteiger partial charge in [0, 0.05) is 6.54 Å². The van der Waals surface area contributed by atoms with E-state index in [2.05, 4.69) is 16.0 Å². The molecule has 15 atom stereocenters. The molecule has 3 amide bonds. The molecule has 314 valence electrons. The number of rotatable bonds is 9. The van der Waals surface area contributed by atoms with Crippen molar-refractivity contribution < 1.29 is 78.2 Å². The van der Waals surface area contributed by atoms with Gasteiger partial charge in [0.25, 0.3) is 0 Å². The lowest BCUT2D eigenvalue weighted by molar-refractivity contribution is -0.320. The highest BCUT2D eigenvalue weighted by Gasteiger charge is 2.54. The normalized spacial score (nSPS) is 37.8. The highest BCUT2D eigenvalue weighted by molar-refractivity contribution is 5.69. The number of alkyl carbamates (subject to hydrolysis) is 3. The van der Waals surface area contributed by atoms with Crippen LogP contribution in [0.3, 0.4) is 0 Å². The summed E-state index contributed by atoms with van der Waals surface area (Å²) in [5, 5.41) is 72.4. The molecule has 3 aliphatic rings. The molecular weight excluding hydrogens is 722 g/mol. The molecule has 0 aromatic carbocycles. The maximum atomic E-state index is 13.1. The third kappa shape index (κ3) is 12.7. The second kappa shape index (κ2) is 18.1. The molecule has 0 aromatic heterocycles. The number of amides is 3. The number of ether oxygens (including phenoxy) is 7. The van der Waals surface area contributed by atoms with Gasteiger partial charge < -0.3 is 91.2 Å². The van der Waals surface area contributed by atoms with Crippen molar-refractivity contribution in [3.05, 3.63) is 0 Å². The van der Waals surface area contributed by atoms with Crippen molar-refractivity contribution >= 4 is 18.3 Å². The van der Waals surface area contributed by atoms with E-state index >= 15 is 0 Å². The zero-order valence-electron chi connectivity index (χ0n) is 32.2. The van der Waals surface area contributed by atoms with Crippen LogP contribution < -0.4 is 27.4 Å². The van der Waals surface area contributed by atoms with E-state index in [0.29, 0.717) is 0 Å². The van der Waals surface area contributed by atoms with Crippen LogP contribution >= 0.6 is 0 Å². The molecule has 13 N–H and O–H groups in total. The van der Waals surface area contributed by atoms with Crippen LogP contribution in [0.4, 0.5) is 14.4 Å². The first-order chi connectivity index (χ1) is 24.7. The molecule has 1 aliphatic carbocycles. The van der Waals surface area contributed by atoms with Gasteiger partial charge in [0.2, 0.25) is 0 Å². The van der Waals surface area contributed by atoms with Gasteiger partial charge in [-0.3, -0.25) is 0 Å². The maximum Gasteiger partial charge on any atom is 0.407 e. The van der Waals surface area contributed by atoms with Gasteiger partial charge in [-0.15, -0.1) is 0 Å². The Morgan fingerprint density at radius 2 is 1.06 bits per heavy atom. The number of aliphatic hydroxyl groups excluding tert-OH is 6. The summed E-state index contributed by atoms with van der Waals surface area (Å²) in [5.74, 6) is 0. The second-order valence-corrected chi connectivity index (χ2v) is 16.7. The molecular formula is C33H61N5O16. The summed E-state index contributed by atoms with van der Waals surface area (Å²) in [5.41, 5.74) is 9.47. The van der Waals surface area contributed by atoms with Gasteiger partial charge in [0.1, 0.15) is 71.7 Å². The molecule has 21 heteroatoms. The molecule has 21 nitrogen and oxygen atoms in total. The Bertz CT molecular complexity index is 1260. The first kappa shape index (κ1) is 45.7. The minimum atomic E-state index is -1.86. The highest BCUT2D eigenvalue weighted by Crippen LogP contribution is 2.33. The van der Waals surface area contributed by atoms with E-state index in [1.807, 2.05) is 0 Å². The number of hydrogen-bond acceptors (Lipinski definition) is 18. The van der Waals surface area contributed by atoms with Crippen molar-refractivity contribution in [2.45, 2.75) is 177 Å². The van der Waals surface area contributed by atoms with Crippen molar-refractivity contribution in [3.63, 3.8) is 0 Å². The fourth-order valence-electron chi connectivity index (χ4n) is 6.04. The van der Waals surface area contributed by atoms with Crippen LogP contribution in [0.5, 0.6) is 0 Å². The Labute approximate surface area is 314 Å². The fourth-order valence-corrected chi connectivity index (χ4v) is 6.04. The van der Waals surface area contributed by atoms with Crippen molar-refractivity contribution in [2.24, 2.45) is 11.5 Å². The van der Waals surface area contributed by atoms with E-state index in [4.69, 9.17) is 44.6 Å². The Hall–Kier alpha value is -2.67. The van der Waals surface area contributed by atoms with Crippen molar-refractivity contribution in [1.29, 1.82) is 0 Å². The molecule has 3 fully saturated rings. The first-order valence-electron chi connectivity index (χ1n) is 17.8. The quantitative estimate of drug-likeness (QED) is 0.107. The molecule has 54 heavy (non-hydrogen) atoms. The molecule has 2 aliphatic heterocycles. The monoisotopic (exact) mass is 783 g/mol. The van der Waals surface area contributed by atoms with Crippen molar-refractivity contribution in [3.8, 4) is 0 Å². The van der Waals surface area contributed by atoms with Crippen LogP contribution in [-0.4, -0.2) is 171 Å². The first-order valence-corrected chi connectivity index (χ1v) is 17.8. The highest BCUT2D eigenvalue weighted by atomic mass is 16.7. The van der Waals surface area contributed by atoms with E-state index in [1.165, 1.54) is 0 Å². The van der Waals surface area contributed by atoms with Crippen LogP contribution in [0.25, 0.3) is 0 Å². The summed E-state index contributed by atoms with van der Waals surface area (Å²) >= 11 is 0. The lowest BCUT2D eigenvalue weighted by Gasteiger charge is -2.49. The van der Waals surface area contributed by atoms with Crippen LogP contribution in [0.2, 0.25) is 0 Å². The molecule has 0 spiro atoms. The molecule has 0 bridgehead atoms. The Morgan fingerprint density at radius 3 is 1.52 bits per heavy atom. The lowest BCUT2D eigenvalue weighted by Crippen LogP contribution is -2.70. The molecule has 0 aromatic rings. The lowest BCUT2D eigenvalue weighted by atomic mass is 9.83. The maximum absolute atomic E-state index is 13.1. The number of nitrogens with one attached hydrogen (secondary N) is 3. The smallest absolute Gasteiger partial charge is 0.407 e. The zero-order chi connectivity index (χ0) is 41.1. The van der Waals surface area contributed by atoms with Crippen LogP contribution in [0.1, 0.15) is 68.7 Å². The van der Waals surface area contributed by atoms with E-state index in [0.717, 1.165) is 0 Å². The van der Waals surface area contributed by atoms with E-state index in [1.54, 1.807) is 62.3 Å². The number of carbonyl (C=O) groups is 3. The molecule has 1 saturated carbocycles. The van der Waals surface area contributed by atoms with Crippen LogP contribution in [0.15, 0.2) is 0 Å². The van der Waals surface area contributed by atoms with Gasteiger partial charge in [-0.05, 0) is 68.7 Å². The van der Waals surface area contributed by atoms with Gasteiger partial charge in [-0.1, -0.05) is 0 Å². The Balaban J connectivity index is 1.99. The number of hydrogen-bond donors (Lipinski definition) is 11. The predicted molar refractivity (Wildman–Crippen MR) is 185 cm³/mol. The predicted octanol–water partition coefficient (Wildman–Crippen LogP) is -2.63. The molecule has 0 unspecified atom stereocenters. The summed E-state index contributed by atoms with van der Waals surface area (Å²) in [6.07, 6.45) is -20.3. The van der Waals surface area contributed by atoms with E-state index < -0.39 is 133 Å². The second-order valence-electron chi connectivity index (χ2n) is 16.7. The average Bonchev–Trinajstić information content (AvgIpc) is 3.01. The van der Waals surface area contributed by atoms with Gasteiger partial charge in [0.05, 0.1) is 30.8 Å². The van der Waals surface area contributed by atoms with E-state index in [9.17, 15) is 45.0 Å². The topological polar surface area (TPSA) is 325 Å². The van der Waals surface area contributed by atoms with Crippen molar-refractivity contribution in [2.75, 3.05) is 13.2 Å². The Morgan fingerprint density at radius 1 is 0.611 bits per heavy atom. The number of nitrogens with two attached hydrogens (primary N) is 2.